The van der Waals surface area contributed by atoms with E-state index in [-0.39, 0.29) is 0 Å². The largest absolute Gasteiger partial charge is 0.478 e. The van der Waals surface area contributed by atoms with Crippen molar-refractivity contribution in [3.8, 4) is 0 Å². The number of carbonyl (C=O) groups is 2. The van der Waals surface area contributed by atoms with E-state index in [1.165, 1.54) is 16.8 Å². The predicted octanol–water partition coefficient (Wildman–Crippen LogP) is 4.67. The molecule has 0 atom stereocenters. The summed E-state index contributed by atoms with van der Waals surface area (Å²) in [6, 6.07) is 19.1. The summed E-state index contributed by atoms with van der Waals surface area (Å²) >= 11 is 0. The minimum Gasteiger partial charge on any atom is -0.478 e. The smallest absolute Gasteiger partial charge is 0.328 e. The lowest BCUT2D eigenvalue weighted by atomic mass is 9.98. The summed E-state index contributed by atoms with van der Waals surface area (Å²) in [5.41, 5.74) is 7.78. The van der Waals surface area contributed by atoms with E-state index in [9.17, 15) is 9.59 Å². The molecule has 2 N–H and O–H groups in total. The van der Waals surface area contributed by atoms with Crippen LogP contribution >= 0.6 is 0 Å². The highest BCUT2D eigenvalue weighted by Gasteiger charge is 2.24. The van der Waals surface area contributed by atoms with Crippen molar-refractivity contribution >= 4 is 34.7 Å². The van der Waals surface area contributed by atoms with Crippen molar-refractivity contribution in [2.45, 2.75) is 13.3 Å². The minimum atomic E-state index is -1.26. The quantitative estimate of drug-likeness (QED) is 0.467. The second-order valence-electron chi connectivity index (χ2n) is 8.53. The maximum Gasteiger partial charge on any atom is 0.328 e. The molecule has 1 aliphatic heterocycles. The highest BCUT2D eigenvalue weighted by Crippen LogP contribution is 2.40. The lowest BCUT2D eigenvalue weighted by molar-refractivity contribution is -0.134. The third-order valence-corrected chi connectivity index (χ3v) is 5.40. The predicted molar refractivity (Wildman–Crippen MR) is 142 cm³/mol. The number of fused-ring (bicyclic) bond motifs is 2. The van der Waals surface area contributed by atoms with Crippen LogP contribution in [0.2, 0.25) is 0 Å². The van der Waals surface area contributed by atoms with Crippen molar-refractivity contribution in [2.75, 3.05) is 32.1 Å². The highest BCUT2D eigenvalue weighted by atomic mass is 16.4. The Balaban J connectivity index is 0.000000392. The van der Waals surface area contributed by atoms with E-state index in [1.807, 2.05) is 24.5 Å². The first-order chi connectivity index (χ1) is 17.3. The molecule has 8 heteroatoms. The van der Waals surface area contributed by atoms with Gasteiger partial charge in [0.2, 0.25) is 0 Å². The number of hydrogen-bond acceptors (Lipinski definition) is 6. The van der Waals surface area contributed by atoms with Crippen LogP contribution in [-0.4, -0.2) is 64.9 Å². The van der Waals surface area contributed by atoms with Gasteiger partial charge in [-0.2, -0.15) is 0 Å². The van der Waals surface area contributed by atoms with Gasteiger partial charge < -0.3 is 20.0 Å². The Morgan fingerprint density at radius 1 is 0.972 bits per heavy atom. The van der Waals surface area contributed by atoms with Crippen LogP contribution in [0, 0.1) is 6.92 Å². The van der Waals surface area contributed by atoms with Crippen LogP contribution in [0.25, 0.3) is 0 Å². The average Bonchev–Trinajstić information content (AvgIpc) is 2.98. The summed E-state index contributed by atoms with van der Waals surface area (Å²) in [5, 5.41) is 15.6. The number of pyridine rings is 1. The number of hydrogen-bond donors (Lipinski definition) is 2. The molecule has 0 fully saturated rings. The highest BCUT2D eigenvalue weighted by molar-refractivity contribution is 6.18. The second kappa shape index (κ2) is 12.4. The Labute approximate surface area is 210 Å². The lowest BCUT2D eigenvalue weighted by Gasteiger charge is -2.27. The molecule has 2 aromatic carbocycles. The Hall–Kier alpha value is -4.30. The molecule has 2 heterocycles. The zero-order valence-electron chi connectivity index (χ0n) is 20.6. The fraction of sp³-hybridized carbons (Fsp3) is 0.214. The summed E-state index contributed by atoms with van der Waals surface area (Å²) in [4.78, 5) is 33.2. The zero-order chi connectivity index (χ0) is 26.1. The maximum absolute atomic E-state index is 9.55. The molecule has 0 aliphatic carbocycles. The van der Waals surface area contributed by atoms with Crippen LogP contribution in [0.15, 0.2) is 84.1 Å². The summed E-state index contributed by atoms with van der Waals surface area (Å²) in [7, 11) is 4.23. The van der Waals surface area contributed by atoms with Crippen molar-refractivity contribution in [1.82, 2.24) is 9.88 Å². The summed E-state index contributed by atoms with van der Waals surface area (Å²) in [6.45, 7) is 4.10. The molecular weight excluding hydrogens is 456 g/mol. The van der Waals surface area contributed by atoms with Gasteiger partial charge in [0.25, 0.3) is 0 Å². The molecular formula is C28H30N4O4. The molecule has 0 amide bonds. The maximum atomic E-state index is 9.55. The second-order valence-corrected chi connectivity index (χ2v) is 8.53. The topological polar surface area (TPSA) is 106 Å². The molecule has 3 aromatic rings. The van der Waals surface area contributed by atoms with Gasteiger partial charge in [0.1, 0.15) is 0 Å². The van der Waals surface area contributed by atoms with E-state index < -0.39 is 11.9 Å². The van der Waals surface area contributed by atoms with Crippen LogP contribution in [0.5, 0.6) is 0 Å². The number of aromatic nitrogens is 1. The van der Waals surface area contributed by atoms with Crippen molar-refractivity contribution in [1.29, 1.82) is 0 Å². The standard InChI is InChI=1S/C24H26N4.C4H4O4/c1-18-10-11-22-20(16-18)24(19-8-5-4-6-9-19)26-21-12-13-25-17-23(21)28(22)15-7-14-27(2)3;5-3(6)1-2-4(7)8/h4-6,8-13,16-17H,7,14-15H2,1-3H3;1-2H,(H,5,6)(H,7,8)/b;2-1+. The van der Waals surface area contributed by atoms with Gasteiger partial charge in [-0.3, -0.25) is 4.98 Å². The van der Waals surface area contributed by atoms with Gasteiger partial charge in [0, 0.05) is 36.0 Å². The van der Waals surface area contributed by atoms with Crippen molar-refractivity contribution < 1.29 is 19.8 Å². The van der Waals surface area contributed by atoms with Gasteiger partial charge in [0.15, 0.2) is 0 Å². The minimum absolute atomic E-state index is 0.558. The molecule has 0 radical (unpaired) electrons. The molecule has 0 saturated heterocycles. The van der Waals surface area contributed by atoms with Crippen LogP contribution < -0.4 is 4.90 Å². The van der Waals surface area contributed by atoms with E-state index in [2.05, 4.69) is 78.3 Å². The number of aliphatic carboxylic acids is 2. The third kappa shape index (κ3) is 7.10. The average molecular weight is 487 g/mol. The fourth-order valence-corrected chi connectivity index (χ4v) is 3.81. The van der Waals surface area contributed by atoms with Gasteiger partial charge in [-0.1, -0.05) is 42.0 Å². The monoisotopic (exact) mass is 486 g/mol. The van der Waals surface area contributed by atoms with E-state index in [0.29, 0.717) is 12.2 Å². The van der Waals surface area contributed by atoms with Crippen molar-refractivity contribution in [3.05, 3.63) is 95.8 Å². The van der Waals surface area contributed by atoms with E-state index in [4.69, 9.17) is 15.2 Å². The first kappa shape index (κ1) is 26.3. The van der Waals surface area contributed by atoms with Gasteiger partial charge in [-0.15, -0.1) is 0 Å². The number of rotatable bonds is 7. The summed E-state index contributed by atoms with van der Waals surface area (Å²) < 4.78 is 0. The Bertz CT molecular complexity index is 1250. The SMILES string of the molecule is Cc1ccc2c(c1)C(c1ccccc1)=Nc1ccncc1N2CCCN(C)C.O=C(O)/C=C/C(=O)O. The molecule has 0 spiro atoms. The number of carboxylic acid groups (broad SMARTS) is 2. The number of anilines is 2. The van der Waals surface area contributed by atoms with Crippen molar-refractivity contribution in [2.24, 2.45) is 4.99 Å². The summed E-state index contributed by atoms with van der Waals surface area (Å²) in [6.07, 6.45) is 5.94. The fourth-order valence-electron chi connectivity index (χ4n) is 3.81. The third-order valence-electron chi connectivity index (χ3n) is 5.40. The van der Waals surface area contributed by atoms with Crippen molar-refractivity contribution in [3.63, 3.8) is 0 Å². The Kier molecular flexibility index (Phi) is 9.07. The number of aliphatic imine (C=N–C) groups is 1. The Morgan fingerprint density at radius 2 is 1.67 bits per heavy atom. The van der Waals surface area contributed by atoms with Crippen LogP contribution in [0.4, 0.5) is 17.1 Å². The van der Waals surface area contributed by atoms with E-state index in [0.717, 1.165) is 42.2 Å². The van der Waals surface area contributed by atoms with Gasteiger partial charge in [-0.25, -0.2) is 14.6 Å². The normalized spacial score (nSPS) is 12.2. The number of benzene rings is 2. The van der Waals surface area contributed by atoms with Gasteiger partial charge in [0.05, 0.1) is 29.0 Å². The molecule has 186 valence electrons. The lowest BCUT2D eigenvalue weighted by Crippen LogP contribution is -2.24. The Morgan fingerprint density at radius 3 is 2.31 bits per heavy atom. The van der Waals surface area contributed by atoms with Gasteiger partial charge in [-0.05, 0) is 52.2 Å². The molecule has 1 aromatic heterocycles. The first-order valence-corrected chi connectivity index (χ1v) is 11.5. The molecule has 8 nitrogen and oxygen atoms in total. The van der Waals surface area contributed by atoms with E-state index >= 15 is 0 Å². The van der Waals surface area contributed by atoms with E-state index in [1.54, 1.807) is 0 Å². The molecule has 4 rings (SSSR count). The number of aryl methyl sites for hydroxylation is 1. The molecule has 0 bridgehead atoms. The zero-order valence-corrected chi connectivity index (χ0v) is 20.6. The number of nitrogens with zero attached hydrogens (tertiary/aromatic N) is 4. The van der Waals surface area contributed by atoms with Crippen LogP contribution in [-0.2, 0) is 9.59 Å². The number of carboxylic acids is 2. The molecule has 0 unspecified atom stereocenters. The summed E-state index contributed by atoms with van der Waals surface area (Å²) in [5.74, 6) is -2.51. The molecule has 1 aliphatic rings. The first-order valence-electron chi connectivity index (χ1n) is 11.5. The molecule has 0 saturated carbocycles. The molecule has 36 heavy (non-hydrogen) atoms. The van der Waals surface area contributed by atoms with Crippen LogP contribution in [0.1, 0.15) is 23.1 Å². The van der Waals surface area contributed by atoms with Gasteiger partial charge >= 0.3 is 11.9 Å². The van der Waals surface area contributed by atoms with Crippen LogP contribution in [0.3, 0.4) is 0 Å².